The van der Waals surface area contributed by atoms with Crippen LogP contribution in [0, 0.1) is 0 Å². The molecule has 1 atom stereocenters. The van der Waals surface area contributed by atoms with Crippen LogP contribution in [0.5, 0.6) is 11.5 Å². The third kappa shape index (κ3) is 3.65. The molecular weight excluding hydrogens is 232 g/mol. The van der Waals surface area contributed by atoms with Gasteiger partial charge in [-0.25, -0.2) is 4.79 Å². The number of benzene rings is 1. The number of esters is 1. The zero-order valence-electron chi connectivity index (χ0n) is 11.4. The lowest BCUT2D eigenvalue weighted by Crippen LogP contribution is -2.14. The molecule has 1 aromatic carbocycles. The Kier molecular flexibility index (Phi) is 5.49. The Morgan fingerprint density at radius 2 is 2.00 bits per heavy atom. The Morgan fingerprint density at radius 3 is 2.56 bits per heavy atom. The smallest absolute Gasteiger partial charge is 0.338 e. The van der Waals surface area contributed by atoms with Crippen molar-refractivity contribution in [3.05, 3.63) is 23.8 Å². The first-order chi connectivity index (χ1) is 8.62. The van der Waals surface area contributed by atoms with Crippen LogP contribution in [0.15, 0.2) is 18.2 Å². The number of carbonyl (C=O) groups excluding carboxylic acids is 1. The van der Waals surface area contributed by atoms with E-state index in [0.717, 1.165) is 6.42 Å². The molecule has 0 saturated carbocycles. The van der Waals surface area contributed by atoms with Gasteiger partial charge >= 0.3 is 5.97 Å². The predicted molar refractivity (Wildman–Crippen MR) is 69.3 cm³/mol. The maximum atomic E-state index is 11.9. The third-order valence-electron chi connectivity index (χ3n) is 2.58. The number of hydrogen-bond donors (Lipinski definition) is 0. The summed E-state index contributed by atoms with van der Waals surface area (Å²) < 4.78 is 15.8. The molecule has 0 aliphatic carbocycles. The molecular formula is C14H20O4. The summed E-state index contributed by atoms with van der Waals surface area (Å²) in [5.74, 6) is 0.823. The van der Waals surface area contributed by atoms with Crippen molar-refractivity contribution in [1.29, 1.82) is 0 Å². The lowest BCUT2D eigenvalue weighted by molar-refractivity contribution is 0.0334. The fraction of sp³-hybridized carbons (Fsp3) is 0.500. The highest BCUT2D eigenvalue weighted by molar-refractivity contribution is 5.90. The number of methoxy groups -OCH3 is 1. The molecule has 0 radical (unpaired) electrons. The van der Waals surface area contributed by atoms with Crippen molar-refractivity contribution >= 4 is 5.97 Å². The van der Waals surface area contributed by atoms with Crippen LogP contribution in [0.2, 0.25) is 0 Å². The Balaban J connectivity index is 2.89. The SMILES string of the molecule is CCOc1cc(C(=O)OC(C)CC)ccc1OC. The second-order valence-corrected chi connectivity index (χ2v) is 3.92. The van der Waals surface area contributed by atoms with Gasteiger partial charge < -0.3 is 14.2 Å². The van der Waals surface area contributed by atoms with Crippen molar-refractivity contribution < 1.29 is 19.0 Å². The van der Waals surface area contributed by atoms with Crippen LogP contribution in [-0.4, -0.2) is 25.8 Å². The predicted octanol–water partition coefficient (Wildman–Crippen LogP) is 3.05. The summed E-state index contributed by atoms with van der Waals surface area (Å²) in [6, 6.07) is 5.03. The van der Waals surface area contributed by atoms with Gasteiger partial charge in [-0.05, 0) is 38.5 Å². The van der Waals surface area contributed by atoms with Gasteiger partial charge in [-0.3, -0.25) is 0 Å². The van der Waals surface area contributed by atoms with Crippen molar-refractivity contribution in [3.63, 3.8) is 0 Å². The maximum absolute atomic E-state index is 11.9. The van der Waals surface area contributed by atoms with E-state index < -0.39 is 0 Å². The van der Waals surface area contributed by atoms with Crippen molar-refractivity contribution in [2.45, 2.75) is 33.3 Å². The minimum absolute atomic E-state index is 0.0878. The zero-order valence-corrected chi connectivity index (χ0v) is 11.4. The van der Waals surface area contributed by atoms with E-state index in [9.17, 15) is 4.79 Å². The average molecular weight is 252 g/mol. The molecule has 4 nitrogen and oxygen atoms in total. The van der Waals surface area contributed by atoms with Gasteiger partial charge in [-0.1, -0.05) is 6.92 Å². The highest BCUT2D eigenvalue weighted by Gasteiger charge is 2.14. The average Bonchev–Trinajstić information content (AvgIpc) is 2.38. The molecule has 1 rings (SSSR count). The van der Waals surface area contributed by atoms with Crippen molar-refractivity contribution in [2.75, 3.05) is 13.7 Å². The van der Waals surface area contributed by atoms with Gasteiger partial charge in [0.05, 0.1) is 25.4 Å². The summed E-state index contributed by atoms with van der Waals surface area (Å²) in [5.41, 5.74) is 0.472. The largest absolute Gasteiger partial charge is 0.493 e. The summed E-state index contributed by atoms with van der Waals surface area (Å²) >= 11 is 0. The van der Waals surface area contributed by atoms with Crippen molar-refractivity contribution in [1.82, 2.24) is 0 Å². The fourth-order valence-corrected chi connectivity index (χ4v) is 1.41. The van der Waals surface area contributed by atoms with E-state index in [-0.39, 0.29) is 12.1 Å². The van der Waals surface area contributed by atoms with Gasteiger partial charge in [-0.15, -0.1) is 0 Å². The van der Waals surface area contributed by atoms with Gasteiger partial charge in [0.15, 0.2) is 11.5 Å². The molecule has 0 aromatic heterocycles. The molecule has 0 bridgehead atoms. The molecule has 1 unspecified atom stereocenters. The van der Waals surface area contributed by atoms with Crippen LogP contribution < -0.4 is 9.47 Å². The van der Waals surface area contributed by atoms with Gasteiger partial charge in [0.2, 0.25) is 0 Å². The summed E-state index contributed by atoms with van der Waals surface area (Å²) in [6.07, 6.45) is 0.704. The second-order valence-electron chi connectivity index (χ2n) is 3.92. The van der Waals surface area contributed by atoms with E-state index in [4.69, 9.17) is 14.2 Å². The molecule has 0 saturated heterocycles. The molecule has 18 heavy (non-hydrogen) atoms. The number of rotatable bonds is 6. The van der Waals surface area contributed by atoms with Crippen LogP contribution in [0.3, 0.4) is 0 Å². The molecule has 1 aromatic rings. The van der Waals surface area contributed by atoms with E-state index in [0.29, 0.717) is 23.7 Å². The van der Waals surface area contributed by atoms with Crippen molar-refractivity contribution in [2.24, 2.45) is 0 Å². The lowest BCUT2D eigenvalue weighted by atomic mass is 10.2. The molecule has 0 aliphatic rings. The summed E-state index contributed by atoms with van der Waals surface area (Å²) in [5, 5.41) is 0. The monoisotopic (exact) mass is 252 g/mol. The molecule has 0 N–H and O–H groups in total. The van der Waals surface area contributed by atoms with Crippen LogP contribution in [0.1, 0.15) is 37.6 Å². The van der Waals surface area contributed by atoms with Gasteiger partial charge in [0.1, 0.15) is 0 Å². The molecule has 0 heterocycles. The molecule has 4 heteroatoms. The van der Waals surface area contributed by atoms with E-state index in [1.807, 2.05) is 20.8 Å². The van der Waals surface area contributed by atoms with Crippen molar-refractivity contribution in [3.8, 4) is 11.5 Å². The normalized spacial score (nSPS) is 11.8. The molecule has 0 spiro atoms. The maximum Gasteiger partial charge on any atom is 0.338 e. The van der Waals surface area contributed by atoms with E-state index in [2.05, 4.69) is 0 Å². The summed E-state index contributed by atoms with van der Waals surface area (Å²) in [4.78, 5) is 11.9. The first kappa shape index (κ1) is 14.4. The van der Waals surface area contributed by atoms with Crippen LogP contribution in [0.25, 0.3) is 0 Å². The third-order valence-corrected chi connectivity index (χ3v) is 2.58. The molecule has 0 fully saturated rings. The molecule has 0 aliphatic heterocycles. The molecule has 100 valence electrons. The Morgan fingerprint density at radius 1 is 1.28 bits per heavy atom. The second kappa shape index (κ2) is 6.89. The van der Waals surface area contributed by atoms with Gasteiger partial charge in [0, 0.05) is 0 Å². The zero-order chi connectivity index (χ0) is 13.5. The highest BCUT2D eigenvalue weighted by atomic mass is 16.5. The lowest BCUT2D eigenvalue weighted by Gasteiger charge is -2.13. The minimum Gasteiger partial charge on any atom is -0.493 e. The van der Waals surface area contributed by atoms with Crippen LogP contribution in [0.4, 0.5) is 0 Å². The van der Waals surface area contributed by atoms with Gasteiger partial charge in [0.25, 0.3) is 0 Å². The minimum atomic E-state index is -0.340. The number of hydrogen-bond acceptors (Lipinski definition) is 4. The Bertz CT molecular complexity index is 401. The number of ether oxygens (including phenoxy) is 3. The van der Waals surface area contributed by atoms with E-state index >= 15 is 0 Å². The highest BCUT2D eigenvalue weighted by Crippen LogP contribution is 2.28. The van der Waals surface area contributed by atoms with E-state index in [1.165, 1.54) is 0 Å². The first-order valence-corrected chi connectivity index (χ1v) is 6.14. The summed E-state index contributed by atoms with van der Waals surface area (Å²) in [6.45, 7) is 6.23. The molecule has 0 amide bonds. The first-order valence-electron chi connectivity index (χ1n) is 6.14. The standard InChI is InChI=1S/C14H20O4/c1-5-10(3)18-14(15)11-7-8-12(16-4)13(9-11)17-6-2/h7-10H,5-6H2,1-4H3. The Labute approximate surface area is 108 Å². The fourth-order valence-electron chi connectivity index (χ4n) is 1.41. The van der Waals surface area contributed by atoms with Crippen LogP contribution in [-0.2, 0) is 4.74 Å². The topological polar surface area (TPSA) is 44.8 Å². The van der Waals surface area contributed by atoms with E-state index in [1.54, 1.807) is 25.3 Å². The number of carbonyl (C=O) groups is 1. The summed E-state index contributed by atoms with van der Waals surface area (Å²) in [7, 11) is 1.56. The van der Waals surface area contributed by atoms with Gasteiger partial charge in [-0.2, -0.15) is 0 Å². The van der Waals surface area contributed by atoms with Crippen LogP contribution >= 0.6 is 0 Å². The Hall–Kier alpha value is -1.71. The quantitative estimate of drug-likeness (QED) is 0.730.